The topological polar surface area (TPSA) is 49.3 Å². The van der Waals surface area contributed by atoms with Gasteiger partial charge in [0, 0.05) is 6.54 Å². The number of nitrogens with one attached hydrogen (secondary N) is 1. The van der Waals surface area contributed by atoms with Crippen LogP contribution in [0.25, 0.3) is 0 Å². The van der Waals surface area contributed by atoms with Crippen molar-refractivity contribution in [2.75, 3.05) is 13.1 Å². The Kier molecular flexibility index (Phi) is 4.13. The molecule has 3 heteroatoms. The number of carbonyl (C=O) groups is 1. The van der Waals surface area contributed by atoms with E-state index in [2.05, 4.69) is 12.2 Å². The zero-order valence-electron chi connectivity index (χ0n) is 8.23. The summed E-state index contributed by atoms with van der Waals surface area (Å²) >= 11 is 0. The molecule has 0 radical (unpaired) electrons. The second kappa shape index (κ2) is 5.40. The summed E-state index contributed by atoms with van der Waals surface area (Å²) in [6.45, 7) is 2.79. The van der Waals surface area contributed by atoms with Gasteiger partial charge in [0.25, 0.3) is 0 Å². The Hall–Kier alpha value is -1.35. The first-order valence-corrected chi connectivity index (χ1v) is 4.67. The lowest BCUT2D eigenvalue weighted by molar-refractivity contribution is -0.135. The predicted octanol–water partition coefficient (Wildman–Crippen LogP) is 1.46. The quantitative estimate of drug-likeness (QED) is 0.744. The molecule has 0 saturated heterocycles. The first-order valence-electron chi connectivity index (χ1n) is 4.67. The minimum atomic E-state index is -0.815. The van der Waals surface area contributed by atoms with Crippen molar-refractivity contribution in [2.45, 2.75) is 12.8 Å². The van der Waals surface area contributed by atoms with Gasteiger partial charge >= 0.3 is 5.97 Å². The summed E-state index contributed by atoms with van der Waals surface area (Å²) in [7, 11) is 0. The molecule has 1 atom stereocenters. The fraction of sp³-hybridized carbons (Fsp3) is 0.364. The molecule has 0 aliphatic rings. The van der Waals surface area contributed by atoms with E-state index in [0.717, 1.165) is 0 Å². The molecule has 0 unspecified atom stereocenters. The van der Waals surface area contributed by atoms with Crippen LogP contribution in [0.4, 0.5) is 0 Å². The maximum Gasteiger partial charge on any atom is 0.317 e. The van der Waals surface area contributed by atoms with Crippen molar-refractivity contribution >= 4 is 5.97 Å². The largest absolute Gasteiger partial charge is 0.480 e. The molecule has 3 nitrogen and oxygen atoms in total. The summed E-state index contributed by atoms with van der Waals surface area (Å²) < 4.78 is 0. The Bertz CT molecular complexity index is 285. The van der Waals surface area contributed by atoms with Crippen molar-refractivity contribution in [1.82, 2.24) is 5.32 Å². The number of rotatable bonds is 5. The highest BCUT2D eigenvalue weighted by atomic mass is 16.4. The summed E-state index contributed by atoms with van der Waals surface area (Å²) in [5.74, 6) is -0.471. The van der Waals surface area contributed by atoms with Crippen LogP contribution in [0.2, 0.25) is 0 Å². The molecule has 0 heterocycles. The fourth-order valence-corrected chi connectivity index (χ4v) is 1.30. The molecule has 0 spiro atoms. The average molecular weight is 193 g/mol. The molecule has 1 aromatic carbocycles. The van der Waals surface area contributed by atoms with Crippen LogP contribution in [0.1, 0.15) is 18.4 Å². The van der Waals surface area contributed by atoms with Crippen LogP contribution >= 0.6 is 0 Å². The van der Waals surface area contributed by atoms with E-state index in [9.17, 15) is 4.79 Å². The number of carboxylic acid groups (broad SMARTS) is 1. The van der Waals surface area contributed by atoms with E-state index in [1.165, 1.54) is 5.56 Å². The highest BCUT2D eigenvalue weighted by Gasteiger charge is 2.04. The second-order valence-electron chi connectivity index (χ2n) is 3.34. The standard InChI is InChI=1S/C11H15NO2/c1-9(7-12-8-11(13)14)10-5-3-2-4-6-10/h2-6,9,12H,7-8H2,1H3,(H,13,14)/t9-/m1/s1. The van der Waals surface area contributed by atoms with Gasteiger partial charge in [-0.3, -0.25) is 4.79 Å². The Morgan fingerprint density at radius 1 is 1.43 bits per heavy atom. The van der Waals surface area contributed by atoms with Gasteiger partial charge in [-0.05, 0) is 11.5 Å². The third-order valence-corrected chi connectivity index (χ3v) is 2.10. The fourth-order valence-electron chi connectivity index (χ4n) is 1.30. The summed E-state index contributed by atoms with van der Waals surface area (Å²) in [5.41, 5.74) is 1.23. The number of hydrogen-bond donors (Lipinski definition) is 2. The van der Waals surface area contributed by atoms with Crippen molar-refractivity contribution in [3.63, 3.8) is 0 Å². The van der Waals surface area contributed by atoms with Gasteiger partial charge in [-0.2, -0.15) is 0 Å². The van der Waals surface area contributed by atoms with Gasteiger partial charge in [-0.15, -0.1) is 0 Å². The Labute approximate surface area is 83.8 Å². The lowest BCUT2D eigenvalue weighted by Gasteiger charge is -2.11. The summed E-state index contributed by atoms with van der Waals surface area (Å²) in [5, 5.41) is 11.3. The van der Waals surface area contributed by atoms with Crippen LogP contribution in [-0.4, -0.2) is 24.2 Å². The van der Waals surface area contributed by atoms with Crippen LogP contribution in [0.5, 0.6) is 0 Å². The van der Waals surface area contributed by atoms with E-state index in [1.807, 2.05) is 30.3 Å². The third kappa shape index (κ3) is 3.58. The third-order valence-electron chi connectivity index (χ3n) is 2.10. The summed E-state index contributed by atoms with van der Waals surface area (Å²) in [4.78, 5) is 10.3. The Morgan fingerprint density at radius 3 is 2.64 bits per heavy atom. The lowest BCUT2D eigenvalue weighted by Crippen LogP contribution is -2.26. The van der Waals surface area contributed by atoms with E-state index in [0.29, 0.717) is 12.5 Å². The first kappa shape index (κ1) is 10.7. The van der Waals surface area contributed by atoms with Gasteiger partial charge in [-0.25, -0.2) is 0 Å². The molecule has 0 aromatic heterocycles. The van der Waals surface area contributed by atoms with Crippen molar-refractivity contribution in [2.24, 2.45) is 0 Å². The molecule has 1 rings (SSSR count). The first-order chi connectivity index (χ1) is 6.70. The smallest absolute Gasteiger partial charge is 0.317 e. The highest BCUT2D eigenvalue weighted by molar-refractivity contribution is 5.68. The molecule has 2 N–H and O–H groups in total. The van der Waals surface area contributed by atoms with Gasteiger partial charge in [0.15, 0.2) is 0 Å². The molecule has 76 valence electrons. The molecule has 0 bridgehead atoms. The van der Waals surface area contributed by atoms with Gasteiger partial charge in [0.2, 0.25) is 0 Å². The second-order valence-corrected chi connectivity index (χ2v) is 3.34. The molecule has 0 saturated carbocycles. The van der Waals surface area contributed by atoms with E-state index in [1.54, 1.807) is 0 Å². The molecule has 0 amide bonds. The van der Waals surface area contributed by atoms with Crippen molar-refractivity contribution in [1.29, 1.82) is 0 Å². The van der Waals surface area contributed by atoms with E-state index >= 15 is 0 Å². The van der Waals surface area contributed by atoms with Crippen molar-refractivity contribution < 1.29 is 9.90 Å². The summed E-state index contributed by atoms with van der Waals surface area (Å²) in [6, 6.07) is 10.0. The van der Waals surface area contributed by atoms with Crippen LogP contribution in [0, 0.1) is 0 Å². The zero-order valence-corrected chi connectivity index (χ0v) is 8.23. The normalized spacial score (nSPS) is 12.4. The number of carboxylic acids is 1. The Balaban J connectivity index is 2.36. The van der Waals surface area contributed by atoms with Gasteiger partial charge < -0.3 is 10.4 Å². The molecular formula is C11H15NO2. The summed E-state index contributed by atoms with van der Waals surface area (Å²) in [6.07, 6.45) is 0. The van der Waals surface area contributed by atoms with Crippen molar-refractivity contribution in [3.8, 4) is 0 Å². The number of aliphatic carboxylic acids is 1. The Morgan fingerprint density at radius 2 is 2.07 bits per heavy atom. The average Bonchev–Trinajstić information content (AvgIpc) is 2.18. The van der Waals surface area contributed by atoms with Crippen LogP contribution < -0.4 is 5.32 Å². The van der Waals surface area contributed by atoms with Crippen LogP contribution in [0.3, 0.4) is 0 Å². The SMILES string of the molecule is C[C@H](CNCC(=O)O)c1ccccc1. The zero-order chi connectivity index (χ0) is 10.4. The van der Waals surface area contributed by atoms with Crippen LogP contribution in [-0.2, 0) is 4.79 Å². The van der Waals surface area contributed by atoms with E-state index < -0.39 is 5.97 Å². The molecule has 0 fully saturated rings. The van der Waals surface area contributed by atoms with Crippen LogP contribution in [0.15, 0.2) is 30.3 Å². The van der Waals surface area contributed by atoms with Crippen molar-refractivity contribution in [3.05, 3.63) is 35.9 Å². The molecule has 1 aromatic rings. The maximum atomic E-state index is 10.3. The number of hydrogen-bond acceptors (Lipinski definition) is 2. The van der Waals surface area contributed by atoms with Gasteiger partial charge in [0.1, 0.15) is 0 Å². The number of benzene rings is 1. The maximum absolute atomic E-state index is 10.3. The minimum Gasteiger partial charge on any atom is -0.480 e. The van der Waals surface area contributed by atoms with E-state index in [-0.39, 0.29) is 6.54 Å². The minimum absolute atomic E-state index is 0.0250. The lowest BCUT2D eigenvalue weighted by atomic mass is 10.0. The molecule has 14 heavy (non-hydrogen) atoms. The molecule has 0 aliphatic carbocycles. The predicted molar refractivity (Wildman–Crippen MR) is 55.4 cm³/mol. The molecular weight excluding hydrogens is 178 g/mol. The molecule has 0 aliphatic heterocycles. The monoisotopic (exact) mass is 193 g/mol. The van der Waals surface area contributed by atoms with E-state index in [4.69, 9.17) is 5.11 Å². The van der Waals surface area contributed by atoms with Gasteiger partial charge in [0.05, 0.1) is 6.54 Å². The highest BCUT2D eigenvalue weighted by Crippen LogP contribution is 2.12. The van der Waals surface area contributed by atoms with Gasteiger partial charge in [-0.1, -0.05) is 37.3 Å².